The zero-order chi connectivity index (χ0) is 12.6. The van der Waals surface area contributed by atoms with Crippen LogP contribution in [0.25, 0.3) is 0 Å². The van der Waals surface area contributed by atoms with Gasteiger partial charge in [-0.15, -0.1) is 11.3 Å². The predicted octanol–water partition coefficient (Wildman–Crippen LogP) is 2.90. The molecule has 17 heavy (non-hydrogen) atoms. The van der Waals surface area contributed by atoms with Crippen LogP contribution in [0.2, 0.25) is 0 Å². The maximum absolute atomic E-state index is 12.4. The summed E-state index contributed by atoms with van der Waals surface area (Å²) in [5.74, 6) is 0.686. The van der Waals surface area contributed by atoms with E-state index in [-0.39, 0.29) is 5.91 Å². The number of nitrogens with two attached hydrogens (primary N) is 1. The molecule has 1 unspecified atom stereocenters. The maximum Gasteiger partial charge on any atom is 0.264 e. The lowest BCUT2D eigenvalue weighted by atomic mass is 10.0. The molecule has 1 atom stereocenters. The zero-order valence-electron chi connectivity index (χ0n) is 10.7. The van der Waals surface area contributed by atoms with E-state index in [0.29, 0.717) is 12.0 Å². The third-order valence-electron chi connectivity index (χ3n) is 3.50. The van der Waals surface area contributed by atoms with E-state index in [1.54, 1.807) is 0 Å². The fourth-order valence-corrected chi connectivity index (χ4v) is 3.38. The van der Waals surface area contributed by atoms with Crippen molar-refractivity contribution in [1.82, 2.24) is 4.90 Å². The summed E-state index contributed by atoms with van der Waals surface area (Å²) in [6, 6.07) is 2.21. The highest BCUT2D eigenvalue weighted by molar-refractivity contribution is 7.14. The minimum absolute atomic E-state index is 0.158. The van der Waals surface area contributed by atoms with Crippen LogP contribution in [0.15, 0.2) is 6.07 Å². The number of nitrogen functional groups attached to an aromatic ring is 1. The van der Waals surface area contributed by atoms with Gasteiger partial charge < -0.3 is 10.6 Å². The Kier molecular flexibility index (Phi) is 3.43. The van der Waals surface area contributed by atoms with Gasteiger partial charge in [0.2, 0.25) is 0 Å². The lowest BCUT2D eigenvalue weighted by Crippen LogP contribution is -2.38. The zero-order valence-corrected chi connectivity index (χ0v) is 11.5. The second-order valence-corrected chi connectivity index (χ2v) is 6.33. The van der Waals surface area contributed by atoms with Gasteiger partial charge in [0.05, 0.1) is 4.88 Å². The monoisotopic (exact) mass is 252 g/mol. The van der Waals surface area contributed by atoms with Crippen LogP contribution in [0.1, 0.15) is 41.2 Å². The molecule has 1 amide bonds. The van der Waals surface area contributed by atoms with Gasteiger partial charge in [0.25, 0.3) is 5.91 Å². The third-order valence-corrected chi connectivity index (χ3v) is 4.55. The average molecular weight is 252 g/mol. The summed E-state index contributed by atoms with van der Waals surface area (Å²) in [7, 11) is 0. The van der Waals surface area contributed by atoms with Crippen LogP contribution >= 0.6 is 11.3 Å². The molecule has 0 spiro atoms. The van der Waals surface area contributed by atoms with Crippen LogP contribution in [0.5, 0.6) is 0 Å². The SMILES string of the molecule is Cc1sc(C(=O)N2CCCC2C(C)C)cc1N. The number of nitrogens with zero attached hydrogens (tertiary/aromatic N) is 1. The number of hydrogen-bond acceptors (Lipinski definition) is 3. The molecule has 1 saturated heterocycles. The number of likely N-dealkylation sites (tertiary alicyclic amines) is 1. The number of anilines is 1. The van der Waals surface area contributed by atoms with E-state index < -0.39 is 0 Å². The van der Waals surface area contributed by atoms with Crippen molar-refractivity contribution in [3.05, 3.63) is 15.8 Å². The highest BCUT2D eigenvalue weighted by Gasteiger charge is 2.32. The molecule has 2 rings (SSSR count). The summed E-state index contributed by atoms with van der Waals surface area (Å²) in [5.41, 5.74) is 6.55. The molecule has 0 saturated carbocycles. The van der Waals surface area contributed by atoms with E-state index in [9.17, 15) is 4.79 Å². The minimum Gasteiger partial charge on any atom is -0.398 e. The lowest BCUT2D eigenvalue weighted by molar-refractivity contribution is 0.0706. The van der Waals surface area contributed by atoms with Gasteiger partial charge in [-0.05, 0) is 31.7 Å². The van der Waals surface area contributed by atoms with Crippen molar-refractivity contribution in [2.45, 2.75) is 39.7 Å². The quantitative estimate of drug-likeness (QED) is 0.879. The molecule has 3 nitrogen and oxygen atoms in total. The first-order valence-electron chi connectivity index (χ1n) is 6.17. The Balaban J connectivity index is 2.19. The summed E-state index contributed by atoms with van der Waals surface area (Å²) >= 11 is 1.51. The summed E-state index contributed by atoms with van der Waals surface area (Å²) < 4.78 is 0. The minimum atomic E-state index is 0.158. The van der Waals surface area contributed by atoms with Crippen molar-refractivity contribution in [1.29, 1.82) is 0 Å². The van der Waals surface area contributed by atoms with Gasteiger partial charge in [-0.25, -0.2) is 0 Å². The van der Waals surface area contributed by atoms with Crippen molar-refractivity contribution in [3.8, 4) is 0 Å². The third kappa shape index (κ3) is 2.32. The first-order valence-corrected chi connectivity index (χ1v) is 6.99. The van der Waals surface area contributed by atoms with E-state index in [1.165, 1.54) is 11.3 Å². The van der Waals surface area contributed by atoms with Crippen molar-refractivity contribution in [2.75, 3.05) is 12.3 Å². The molecule has 2 heterocycles. The normalized spacial score (nSPS) is 20.2. The molecule has 94 valence electrons. The summed E-state index contributed by atoms with van der Waals surface area (Å²) in [5, 5.41) is 0. The average Bonchev–Trinajstić information content (AvgIpc) is 2.85. The van der Waals surface area contributed by atoms with E-state index in [0.717, 1.165) is 34.8 Å². The number of aryl methyl sites for hydroxylation is 1. The molecule has 2 N–H and O–H groups in total. The van der Waals surface area contributed by atoms with Gasteiger partial charge >= 0.3 is 0 Å². The predicted molar refractivity (Wildman–Crippen MR) is 72.4 cm³/mol. The Morgan fingerprint density at radius 2 is 2.29 bits per heavy atom. The number of rotatable bonds is 2. The molecule has 4 heteroatoms. The summed E-state index contributed by atoms with van der Waals surface area (Å²) in [6.07, 6.45) is 2.25. The first kappa shape index (κ1) is 12.4. The van der Waals surface area contributed by atoms with E-state index >= 15 is 0 Å². The Morgan fingerprint density at radius 3 is 2.82 bits per heavy atom. The van der Waals surface area contributed by atoms with Gasteiger partial charge in [0.15, 0.2) is 0 Å². The highest BCUT2D eigenvalue weighted by atomic mass is 32.1. The van der Waals surface area contributed by atoms with Gasteiger partial charge in [-0.1, -0.05) is 13.8 Å². The number of hydrogen-bond donors (Lipinski definition) is 1. The Hall–Kier alpha value is -1.03. The molecule has 1 fully saturated rings. The molecule has 1 aliphatic rings. The van der Waals surface area contributed by atoms with Crippen LogP contribution < -0.4 is 5.73 Å². The van der Waals surface area contributed by atoms with Gasteiger partial charge in [0.1, 0.15) is 0 Å². The fourth-order valence-electron chi connectivity index (χ4n) is 2.48. The summed E-state index contributed by atoms with van der Waals surface area (Å²) in [6.45, 7) is 7.22. The van der Waals surface area contributed by atoms with Crippen molar-refractivity contribution < 1.29 is 4.79 Å². The van der Waals surface area contributed by atoms with Gasteiger partial charge in [-0.2, -0.15) is 0 Å². The van der Waals surface area contributed by atoms with Crippen molar-refractivity contribution >= 4 is 22.9 Å². The largest absolute Gasteiger partial charge is 0.398 e. The molecular formula is C13H20N2OS. The second-order valence-electron chi connectivity index (χ2n) is 5.07. The van der Waals surface area contributed by atoms with E-state index in [2.05, 4.69) is 13.8 Å². The standard InChI is InChI=1S/C13H20N2OS/c1-8(2)11-5-4-6-15(11)13(16)12-7-10(14)9(3)17-12/h7-8,11H,4-6,14H2,1-3H3. The molecule has 0 bridgehead atoms. The van der Waals surface area contributed by atoms with Crippen molar-refractivity contribution in [2.24, 2.45) is 5.92 Å². The van der Waals surface area contributed by atoms with Crippen LogP contribution in [0.4, 0.5) is 5.69 Å². The van der Waals surface area contributed by atoms with Crippen LogP contribution in [-0.4, -0.2) is 23.4 Å². The van der Waals surface area contributed by atoms with Crippen molar-refractivity contribution in [3.63, 3.8) is 0 Å². The van der Waals surface area contributed by atoms with Crippen LogP contribution in [0, 0.1) is 12.8 Å². The van der Waals surface area contributed by atoms with E-state index in [4.69, 9.17) is 5.73 Å². The summed E-state index contributed by atoms with van der Waals surface area (Å²) in [4.78, 5) is 16.3. The van der Waals surface area contributed by atoms with Gasteiger partial charge in [0, 0.05) is 23.2 Å². The van der Waals surface area contributed by atoms with Crippen LogP contribution in [-0.2, 0) is 0 Å². The first-order chi connectivity index (χ1) is 8.00. The number of amides is 1. The molecule has 0 aliphatic carbocycles. The number of carbonyl (C=O) groups is 1. The molecule has 0 aromatic carbocycles. The Labute approximate surface area is 107 Å². The molecular weight excluding hydrogens is 232 g/mol. The Bertz CT molecular complexity index is 406. The molecule has 0 radical (unpaired) electrons. The van der Waals surface area contributed by atoms with Crippen LogP contribution in [0.3, 0.4) is 0 Å². The molecule has 1 aromatic rings. The van der Waals surface area contributed by atoms with E-state index in [1.807, 2.05) is 17.9 Å². The number of carbonyl (C=O) groups excluding carboxylic acids is 1. The van der Waals surface area contributed by atoms with Gasteiger partial charge in [-0.3, -0.25) is 4.79 Å². The lowest BCUT2D eigenvalue weighted by Gasteiger charge is -2.27. The maximum atomic E-state index is 12.4. The molecule has 1 aromatic heterocycles. The fraction of sp³-hybridized carbons (Fsp3) is 0.615. The second kappa shape index (κ2) is 4.69. The smallest absolute Gasteiger partial charge is 0.264 e. The Morgan fingerprint density at radius 1 is 1.59 bits per heavy atom. The highest BCUT2D eigenvalue weighted by Crippen LogP contribution is 2.29. The topological polar surface area (TPSA) is 46.3 Å². The molecule has 1 aliphatic heterocycles. The number of thiophene rings is 1.